The molecule has 0 aromatic rings. The first-order valence-electron chi connectivity index (χ1n) is 5.85. The molecule has 5 nitrogen and oxygen atoms in total. The number of hydrogen-bond donors (Lipinski definition) is 2. The van der Waals surface area contributed by atoms with Crippen LogP contribution < -0.4 is 10.0 Å². The van der Waals surface area contributed by atoms with Crippen molar-refractivity contribution in [1.29, 1.82) is 0 Å². The van der Waals surface area contributed by atoms with Gasteiger partial charge in [-0.15, -0.1) is 0 Å². The molecule has 1 fully saturated rings. The Morgan fingerprint density at radius 2 is 2.19 bits per heavy atom. The van der Waals surface area contributed by atoms with E-state index in [9.17, 15) is 8.42 Å². The molecule has 6 heteroatoms. The monoisotopic (exact) mass is 249 g/mol. The molecule has 96 valence electrons. The van der Waals surface area contributed by atoms with E-state index in [0.29, 0.717) is 13.1 Å². The van der Waals surface area contributed by atoms with Gasteiger partial charge in [-0.2, -0.15) is 17.4 Å². The fourth-order valence-electron chi connectivity index (χ4n) is 1.79. The Bertz CT molecular complexity index is 310. The third kappa shape index (κ3) is 3.69. The second-order valence-corrected chi connectivity index (χ2v) is 6.55. The number of unbranched alkanes of at least 4 members (excludes halogenated alkanes) is 1. The summed E-state index contributed by atoms with van der Waals surface area (Å²) in [7, 11) is -1.70. The van der Waals surface area contributed by atoms with E-state index in [1.165, 1.54) is 4.31 Å². The predicted octanol–water partition coefficient (Wildman–Crippen LogP) is 0.305. The summed E-state index contributed by atoms with van der Waals surface area (Å²) in [5.74, 6) is 0. The minimum atomic E-state index is -3.33. The molecular weight excluding hydrogens is 226 g/mol. The van der Waals surface area contributed by atoms with Crippen LogP contribution in [0, 0.1) is 0 Å². The minimum Gasteiger partial charge on any atom is -0.315 e. The third-order valence-electron chi connectivity index (χ3n) is 2.98. The summed E-state index contributed by atoms with van der Waals surface area (Å²) in [6, 6.07) is 0. The SMILES string of the molecule is CCCCN(C)S(=O)(=O)NC1(C)CCNC1. The van der Waals surface area contributed by atoms with Crippen molar-refractivity contribution < 1.29 is 8.42 Å². The highest BCUT2D eigenvalue weighted by Gasteiger charge is 2.34. The van der Waals surface area contributed by atoms with Crippen molar-refractivity contribution in [2.75, 3.05) is 26.7 Å². The summed E-state index contributed by atoms with van der Waals surface area (Å²) in [6.45, 7) is 6.15. The van der Waals surface area contributed by atoms with Crippen LogP contribution in [-0.2, 0) is 10.2 Å². The molecule has 1 aliphatic rings. The maximum absolute atomic E-state index is 12.0. The maximum atomic E-state index is 12.0. The molecule has 1 aliphatic heterocycles. The summed E-state index contributed by atoms with van der Waals surface area (Å²) in [4.78, 5) is 0. The summed E-state index contributed by atoms with van der Waals surface area (Å²) in [5, 5.41) is 3.17. The van der Waals surface area contributed by atoms with E-state index in [1.807, 2.05) is 6.92 Å². The van der Waals surface area contributed by atoms with Gasteiger partial charge in [-0.25, -0.2) is 0 Å². The van der Waals surface area contributed by atoms with E-state index in [1.54, 1.807) is 7.05 Å². The number of nitrogens with one attached hydrogen (secondary N) is 2. The zero-order valence-corrected chi connectivity index (χ0v) is 11.2. The van der Waals surface area contributed by atoms with Crippen molar-refractivity contribution >= 4 is 10.2 Å². The third-order valence-corrected chi connectivity index (χ3v) is 4.73. The van der Waals surface area contributed by atoms with Crippen LogP contribution in [0.4, 0.5) is 0 Å². The molecule has 0 aromatic carbocycles. The second-order valence-electron chi connectivity index (χ2n) is 4.77. The van der Waals surface area contributed by atoms with Gasteiger partial charge in [0.1, 0.15) is 0 Å². The molecule has 0 aliphatic carbocycles. The van der Waals surface area contributed by atoms with Crippen LogP contribution in [0.1, 0.15) is 33.1 Å². The van der Waals surface area contributed by atoms with Crippen LogP contribution in [0.3, 0.4) is 0 Å². The molecule has 1 atom stereocenters. The Hall–Kier alpha value is -0.170. The van der Waals surface area contributed by atoms with Crippen molar-refractivity contribution in [2.45, 2.75) is 38.6 Å². The van der Waals surface area contributed by atoms with Crippen molar-refractivity contribution in [3.8, 4) is 0 Å². The van der Waals surface area contributed by atoms with Crippen LogP contribution >= 0.6 is 0 Å². The Morgan fingerprint density at radius 1 is 1.50 bits per heavy atom. The number of rotatable bonds is 6. The first-order valence-corrected chi connectivity index (χ1v) is 7.29. The average Bonchev–Trinajstić information content (AvgIpc) is 2.59. The lowest BCUT2D eigenvalue weighted by Crippen LogP contribution is -2.52. The van der Waals surface area contributed by atoms with E-state index in [4.69, 9.17) is 0 Å². The largest absolute Gasteiger partial charge is 0.315 e. The van der Waals surface area contributed by atoms with Crippen LogP contribution in [0.2, 0.25) is 0 Å². The van der Waals surface area contributed by atoms with Gasteiger partial charge in [-0.1, -0.05) is 13.3 Å². The van der Waals surface area contributed by atoms with Gasteiger partial charge in [-0.05, 0) is 26.3 Å². The first-order chi connectivity index (χ1) is 7.40. The van der Waals surface area contributed by atoms with Crippen molar-refractivity contribution in [1.82, 2.24) is 14.3 Å². The zero-order chi connectivity index (χ0) is 12.2. The van der Waals surface area contributed by atoms with Gasteiger partial charge in [0.25, 0.3) is 10.2 Å². The van der Waals surface area contributed by atoms with Gasteiger partial charge in [0.05, 0.1) is 0 Å². The fraction of sp³-hybridized carbons (Fsp3) is 1.00. The molecule has 16 heavy (non-hydrogen) atoms. The highest BCUT2D eigenvalue weighted by atomic mass is 32.2. The summed E-state index contributed by atoms with van der Waals surface area (Å²) in [6.07, 6.45) is 2.74. The highest BCUT2D eigenvalue weighted by molar-refractivity contribution is 7.87. The molecule has 0 spiro atoms. The lowest BCUT2D eigenvalue weighted by atomic mass is 10.0. The van der Waals surface area contributed by atoms with E-state index >= 15 is 0 Å². The molecule has 1 saturated heterocycles. The molecule has 1 heterocycles. The van der Waals surface area contributed by atoms with Gasteiger partial charge in [-0.3, -0.25) is 0 Å². The molecule has 0 saturated carbocycles. The molecule has 1 rings (SSSR count). The Kier molecular flexibility index (Phi) is 4.73. The Labute approximate surface area is 98.8 Å². The normalized spacial score (nSPS) is 26.5. The number of hydrogen-bond acceptors (Lipinski definition) is 3. The van der Waals surface area contributed by atoms with Crippen LogP contribution in [0.15, 0.2) is 0 Å². The van der Waals surface area contributed by atoms with Crippen LogP contribution in [0.5, 0.6) is 0 Å². The standard InChI is InChI=1S/C10H23N3O2S/c1-4-5-8-13(3)16(14,15)12-10(2)6-7-11-9-10/h11-12H,4-9H2,1-3H3. The topological polar surface area (TPSA) is 61.4 Å². The number of nitrogens with zero attached hydrogens (tertiary/aromatic N) is 1. The van der Waals surface area contributed by atoms with Gasteiger partial charge in [0.2, 0.25) is 0 Å². The highest BCUT2D eigenvalue weighted by Crippen LogP contribution is 2.15. The van der Waals surface area contributed by atoms with Gasteiger partial charge in [0, 0.05) is 25.7 Å². The molecule has 0 bridgehead atoms. The van der Waals surface area contributed by atoms with Crippen molar-refractivity contribution in [2.24, 2.45) is 0 Å². The Balaban J connectivity index is 2.56. The van der Waals surface area contributed by atoms with E-state index in [0.717, 1.165) is 25.8 Å². The van der Waals surface area contributed by atoms with E-state index < -0.39 is 10.2 Å². The molecule has 0 aromatic heterocycles. The summed E-state index contributed by atoms with van der Waals surface area (Å²) >= 11 is 0. The van der Waals surface area contributed by atoms with Gasteiger partial charge in [0.15, 0.2) is 0 Å². The average molecular weight is 249 g/mol. The Morgan fingerprint density at radius 3 is 2.69 bits per heavy atom. The van der Waals surface area contributed by atoms with Crippen molar-refractivity contribution in [3.63, 3.8) is 0 Å². The lowest BCUT2D eigenvalue weighted by Gasteiger charge is -2.27. The molecule has 1 unspecified atom stereocenters. The smallest absolute Gasteiger partial charge is 0.279 e. The van der Waals surface area contributed by atoms with Gasteiger partial charge >= 0.3 is 0 Å². The quantitative estimate of drug-likeness (QED) is 0.712. The maximum Gasteiger partial charge on any atom is 0.279 e. The molecule has 2 N–H and O–H groups in total. The summed E-state index contributed by atoms with van der Waals surface area (Å²) < 4.78 is 28.1. The van der Waals surface area contributed by atoms with Crippen LogP contribution in [-0.4, -0.2) is 44.9 Å². The van der Waals surface area contributed by atoms with Crippen LogP contribution in [0.25, 0.3) is 0 Å². The van der Waals surface area contributed by atoms with Gasteiger partial charge < -0.3 is 5.32 Å². The molecule has 0 radical (unpaired) electrons. The first kappa shape index (κ1) is 13.9. The predicted molar refractivity (Wildman–Crippen MR) is 65.5 cm³/mol. The second kappa shape index (κ2) is 5.44. The van der Waals surface area contributed by atoms with E-state index in [-0.39, 0.29) is 5.54 Å². The lowest BCUT2D eigenvalue weighted by molar-refractivity contribution is 0.402. The zero-order valence-electron chi connectivity index (χ0n) is 10.4. The molecule has 0 amide bonds. The summed E-state index contributed by atoms with van der Waals surface area (Å²) in [5.41, 5.74) is -0.334. The molecular formula is C10H23N3O2S. The minimum absolute atomic E-state index is 0.334. The van der Waals surface area contributed by atoms with E-state index in [2.05, 4.69) is 17.0 Å². The van der Waals surface area contributed by atoms with Crippen molar-refractivity contribution in [3.05, 3.63) is 0 Å². The fourth-order valence-corrected chi connectivity index (χ4v) is 3.12.